The monoisotopic (exact) mass is 303 g/mol. The fourth-order valence-corrected chi connectivity index (χ4v) is 2.28. The van der Waals surface area contributed by atoms with Crippen molar-refractivity contribution in [3.05, 3.63) is 29.8 Å². The highest BCUT2D eigenvalue weighted by molar-refractivity contribution is 6.09. The zero-order valence-corrected chi connectivity index (χ0v) is 13.3. The summed E-state index contributed by atoms with van der Waals surface area (Å²) in [4.78, 5) is 36.8. The summed E-state index contributed by atoms with van der Waals surface area (Å²) in [6.45, 7) is 7.06. The van der Waals surface area contributed by atoms with Crippen LogP contribution in [-0.4, -0.2) is 34.8 Å². The van der Waals surface area contributed by atoms with Crippen LogP contribution < -0.4 is 10.6 Å². The van der Waals surface area contributed by atoms with E-state index in [2.05, 4.69) is 24.5 Å². The van der Waals surface area contributed by atoms with Gasteiger partial charge in [-0.1, -0.05) is 26.0 Å². The number of hydrogen-bond acceptors (Lipinski definition) is 3. The lowest BCUT2D eigenvalue weighted by atomic mass is 10.0. The average molecular weight is 303 g/mol. The molecule has 6 heteroatoms. The second-order valence-corrected chi connectivity index (χ2v) is 6.27. The number of carbonyl (C=O) groups excluding carboxylic acids is 3. The zero-order valence-electron chi connectivity index (χ0n) is 13.3. The van der Waals surface area contributed by atoms with E-state index in [9.17, 15) is 14.4 Å². The molecule has 1 aromatic carbocycles. The first-order valence-electron chi connectivity index (χ1n) is 7.24. The molecule has 4 amide bonds. The molecule has 1 heterocycles. The lowest BCUT2D eigenvalue weighted by Gasteiger charge is -2.16. The summed E-state index contributed by atoms with van der Waals surface area (Å²) in [6.07, 6.45) is 0. The summed E-state index contributed by atoms with van der Waals surface area (Å²) in [5.74, 6) is -0.450. The van der Waals surface area contributed by atoms with Crippen LogP contribution in [0, 0.1) is 0 Å². The molecule has 0 aromatic heterocycles. The van der Waals surface area contributed by atoms with Gasteiger partial charge in [-0.3, -0.25) is 14.5 Å². The quantitative estimate of drug-likeness (QED) is 0.836. The van der Waals surface area contributed by atoms with E-state index in [-0.39, 0.29) is 6.54 Å². The van der Waals surface area contributed by atoms with Crippen LogP contribution in [0.15, 0.2) is 24.3 Å². The molecule has 1 aliphatic heterocycles. The highest BCUT2D eigenvalue weighted by Crippen LogP contribution is 2.19. The molecule has 1 aliphatic rings. The maximum absolute atomic E-state index is 12.1. The average Bonchev–Trinajstić information content (AvgIpc) is 2.61. The first-order valence-corrected chi connectivity index (χ1v) is 7.24. The van der Waals surface area contributed by atoms with E-state index in [1.165, 1.54) is 0 Å². The van der Waals surface area contributed by atoms with Crippen molar-refractivity contribution < 1.29 is 14.4 Å². The molecule has 2 rings (SSSR count). The molecule has 1 aromatic rings. The molecule has 0 aliphatic carbocycles. The van der Waals surface area contributed by atoms with Crippen LogP contribution in [0.1, 0.15) is 39.2 Å². The lowest BCUT2D eigenvalue weighted by Crippen LogP contribution is -2.41. The first kappa shape index (κ1) is 16.0. The van der Waals surface area contributed by atoms with Gasteiger partial charge in [-0.15, -0.1) is 0 Å². The molecule has 0 saturated carbocycles. The maximum Gasteiger partial charge on any atom is 0.325 e. The van der Waals surface area contributed by atoms with Crippen LogP contribution in [0.2, 0.25) is 0 Å². The molecule has 0 radical (unpaired) electrons. The van der Waals surface area contributed by atoms with Crippen LogP contribution in [0.4, 0.5) is 10.5 Å². The second kappa shape index (κ2) is 5.79. The number of amides is 4. The molecule has 118 valence electrons. The molecule has 6 nitrogen and oxygen atoms in total. The van der Waals surface area contributed by atoms with Crippen molar-refractivity contribution in [2.75, 3.05) is 11.9 Å². The number of rotatable bonds is 4. The lowest BCUT2D eigenvalue weighted by molar-refractivity contribution is -0.132. The van der Waals surface area contributed by atoms with E-state index < -0.39 is 23.4 Å². The van der Waals surface area contributed by atoms with E-state index in [4.69, 9.17) is 0 Å². The van der Waals surface area contributed by atoms with Crippen LogP contribution in [0.3, 0.4) is 0 Å². The van der Waals surface area contributed by atoms with Crippen molar-refractivity contribution in [3.63, 3.8) is 0 Å². The number of carbonyl (C=O) groups is 3. The fraction of sp³-hybridized carbons (Fsp3) is 0.438. The summed E-state index contributed by atoms with van der Waals surface area (Å²) in [5, 5.41) is 5.26. The smallest absolute Gasteiger partial charge is 0.325 e. The third kappa shape index (κ3) is 3.27. The van der Waals surface area contributed by atoms with Crippen molar-refractivity contribution in [3.8, 4) is 0 Å². The number of urea groups is 1. The summed E-state index contributed by atoms with van der Waals surface area (Å²) in [6, 6.07) is 6.97. The second-order valence-electron chi connectivity index (χ2n) is 6.27. The number of anilines is 1. The summed E-state index contributed by atoms with van der Waals surface area (Å²) in [7, 11) is 0. The molecule has 0 atom stereocenters. The van der Waals surface area contributed by atoms with Gasteiger partial charge in [-0.05, 0) is 37.5 Å². The van der Waals surface area contributed by atoms with Crippen molar-refractivity contribution in [2.24, 2.45) is 0 Å². The van der Waals surface area contributed by atoms with E-state index in [1.807, 2.05) is 18.2 Å². The third-order valence-electron chi connectivity index (χ3n) is 3.58. The number of imide groups is 1. The molecular formula is C16H21N3O3. The molecule has 0 spiro atoms. The molecule has 0 bridgehead atoms. The van der Waals surface area contributed by atoms with Gasteiger partial charge in [0.05, 0.1) is 0 Å². The van der Waals surface area contributed by atoms with Gasteiger partial charge in [0.25, 0.3) is 5.91 Å². The van der Waals surface area contributed by atoms with E-state index in [1.54, 1.807) is 19.9 Å². The van der Waals surface area contributed by atoms with Crippen molar-refractivity contribution >= 4 is 23.5 Å². The first-order chi connectivity index (χ1) is 10.2. The Kier molecular flexibility index (Phi) is 4.21. The molecule has 1 saturated heterocycles. The number of benzene rings is 1. The Morgan fingerprint density at radius 1 is 1.32 bits per heavy atom. The Morgan fingerprint density at radius 3 is 2.55 bits per heavy atom. The predicted octanol–water partition coefficient (Wildman–Crippen LogP) is 2.08. The van der Waals surface area contributed by atoms with Gasteiger partial charge in [0.1, 0.15) is 12.1 Å². The summed E-state index contributed by atoms with van der Waals surface area (Å²) >= 11 is 0. The van der Waals surface area contributed by atoms with Gasteiger partial charge in [-0.25, -0.2) is 4.79 Å². The topological polar surface area (TPSA) is 78.5 Å². The van der Waals surface area contributed by atoms with Crippen LogP contribution >= 0.6 is 0 Å². The number of nitrogens with zero attached hydrogens (tertiary/aromatic N) is 1. The predicted molar refractivity (Wildman–Crippen MR) is 83.5 cm³/mol. The number of hydrogen-bond donors (Lipinski definition) is 2. The molecule has 0 unspecified atom stereocenters. The number of nitrogens with one attached hydrogen (secondary N) is 2. The normalized spacial score (nSPS) is 16.9. The van der Waals surface area contributed by atoms with Gasteiger partial charge in [0.15, 0.2) is 0 Å². The molecular weight excluding hydrogens is 282 g/mol. The molecule has 1 fully saturated rings. The van der Waals surface area contributed by atoms with Crippen molar-refractivity contribution in [1.82, 2.24) is 10.2 Å². The Hall–Kier alpha value is -2.37. The van der Waals surface area contributed by atoms with E-state index in [0.717, 1.165) is 10.5 Å². The Balaban J connectivity index is 2.03. The summed E-state index contributed by atoms with van der Waals surface area (Å²) in [5.41, 5.74) is 0.797. The van der Waals surface area contributed by atoms with Gasteiger partial charge in [0, 0.05) is 5.69 Å². The SMILES string of the molecule is CC(C)c1cccc(NC(=O)CN2C(=O)NC(C)(C)C2=O)c1. The van der Waals surface area contributed by atoms with Crippen LogP contribution in [0.5, 0.6) is 0 Å². The highest BCUT2D eigenvalue weighted by atomic mass is 16.2. The molecule has 2 N–H and O–H groups in total. The molecule has 22 heavy (non-hydrogen) atoms. The minimum atomic E-state index is -0.963. The standard InChI is InChI=1S/C16H21N3O3/c1-10(2)11-6-5-7-12(8-11)17-13(20)9-19-14(21)16(3,4)18-15(19)22/h5-8,10H,9H2,1-4H3,(H,17,20)(H,18,22). The summed E-state index contributed by atoms with van der Waals surface area (Å²) < 4.78 is 0. The fourth-order valence-electron chi connectivity index (χ4n) is 2.28. The Bertz CT molecular complexity index is 623. The van der Waals surface area contributed by atoms with Gasteiger partial charge >= 0.3 is 6.03 Å². The largest absolute Gasteiger partial charge is 0.325 e. The van der Waals surface area contributed by atoms with E-state index >= 15 is 0 Å². The van der Waals surface area contributed by atoms with Gasteiger partial charge in [0.2, 0.25) is 5.91 Å². The van der Waals surface area contributed by atoms with Crippen molar-refractivity contribution in [2.45, 2.75) is 39.2 Å². The Labute approximate surface area is 129 Å². The third-order valence-corrected chi connectivity index (χ3v) is 3.58. The highest BCUT2D eigenvalue weighted by Gasteiger charge is 2.44. The van der Waals surface area contributed by atoms with E-state index in [0.29, 0.717) is 11.6 Å². The van der Waals surface area contributed by atoms with Crippen molar-refractivity contribution in [1.29, 1.82) is 0 Å². The maximum atomic E-state index is 12.1. The zero-order chi connectivity index (χ0) is 16.5. The minimum Gasteiger partial charge on any atom is -0.325 e. The van der Waals surface area contributed by atoms with Gasteiger partial charge < -0.3 is 10.6 Å². The van der Waals surface area contributed by atoms with Crippen LogP contribution in [0.25, 0.3) is 0 Å². The van der Waals surface area contributed by atoms with Crippen LogP contribution in [-0.2, 0) is 9.59 Å². The van der Waals surface area contributed by atoms with Gasteiger partial charge in [-0.2, -0.15) is 0 Å². The Morgan fingerprint density at radius 2 is 2.00 bits per heavy atom. The minimum absolute atomic E-state index is 0.292.